The number of ether oxygens (including phenoxy) is 3. The van der Waals surface area contributed by atoms with Gasteiger partial charge in [-0.3, -0.25) is 0 Å². The molecule has 0 atom stereocenters. The van der Waals surface area contributed by atoms with E-state index in [1.165, 1.54) is 0 Å². The number of rotatable bonds is 9. The Balaban J connectivity index is 2.16. The molecule has 1 aromatic carbocycles. The van der Waals surface area contributed by atoms with E-state index < -0.39 is 0 Å². The monoisotopic (exact) mass is 347 g/mol. The summed E-state index contributed by atoms with van der Waals surface area (Å²) in [5.41, 5.74) is 0.736. The number of benzene rings is 1. The largest absolute Gasteiger partial charge is 0.493 e. The minimum absolute atomic E-state index is 0.476. The Labute approximate surface area is 148 Å². The molecule has 0 unspecified atom stereocenters. The zero-order chi connectivity index (χ0) is 18.2. The summed E-state index contributed by atoms with van der Waals surface area (Å²) < 4.78 is 16.0. The molecule has 136 valence electrons. The van der Waals surface area contributed by atoms with E-state index in [0.29, 0.717) is 23.2 Å². The molecule has 0 fully saturated rings. The molecule has 1 heterocycles. The molecule has 2 rings (SSSR count). The van der Waals surface area contributed by atoms with Gasteiger partial charge in [-0.15, -0.1) is 0 Å². The lowest BCUT2D eigenvalue weighted by Gasteiger charge is -2.15. The maximum Gasteiger partial charge on any atom is 0.229 e. The highest BCUT2D eigenvalue weighted by atomic mass is 16.5. The second kappa shape index (κ2) is 8.93. The van der Waals surface area contributed by atoms with Crippen LogP contribution >= 0.6 is 0 Å². The van der Waals surface area contributed by atoms with Crippen molar-refractivity contribution in [2.24, 2.45) is 0 Å². The van der Waals surface area contributed by atoms with Crippen molar-refractivity contribution in [3.63, 3.8) is 0 Å². The van der Waals surface area contributed by atoms with Gasteiger partial charge in [0.25, 0.3) is 0 Å². The van der Waals surface area contributed by atoms with Crippen molar-refractivity contribution < 1.29 is 14.2 Å². The van der Waals surface area contributed by atoms with Crippen LogP contribution in [0.1, 0.15) is 0 Å². The lowest BCUT2D eigenvalue weighted by atomic mass is 10.2. The molecule has 0 saturated carbocycles. The van der Waals surface area contributed by atoms with E-state index in [1.54, 1.807) is 39.7 Å². The molecular weight excluding hydrogens is 322 g/mol. The Morgan fingerprint density at radius 2 is 1.72 bits per heavy atom. The van der Waals surface area contributed by atoms with Crippen molar-refractivity contribution in [3.8, 4) is 17.2 Å². The minimum Gasteiger partial charge on any atom is -0.493 e. The molecular formula is C17H25N5O3. The highest BCUT2D eigenvalue weighted by molar-refractivity contribution is 5.66. The fourth-order valence-electron chi connectivity index (χ4n) is 2.21. The molecule has 8 nitrogen and oxygen atoms in total. The second-order valence-corrected chi connectivity index (χ2v) is 5.53. The lowest BCUT2D eigenvalue weighted by molar-refractivity contribution is 0.324. The number of nitrogens with zero attached hydrogens (tertiary/aromatic N) is 3. The summed E-state index contributed by atoms with van der Waals surface area (Å²) in [5.74, 6) is 2.89. The van der Waals surface area contributed by atoms with E-state index >= 15 is 0 Å². The highest BCUT2D eigenvalue weighted by Crippen LogP contribution is 2.40. The first kappa shape index (κ1) is 18.6. The van der Waals surface area contributed by atoms with Crippen LogP contribution in [0, 0.1) is 0 Å². The average molecular weight is 347 g/mol. The molecule has 0 aliphatic rings. The molecule has 2 aromatic rings. The summed E-state index contributed by atoms with van der Waals surface area (Å²) in [5, 5.41) is 6.42. The Morgan fingerprint density at radius 1 is 1.04 bits per heavy atom. The Hall–Kier alpha value is -2.74. The van der Waals surface area contributed by atoms with E-state index in [-0.39, 0.29) is 0 Å². The van der Waals surface area contributed by atoms with Crippen molar-refractivity contribution >= 4 is 17.5 Å². The molecule has 0 spiro atoms. The first-order chi connectivity index (χ1) is 12.1. The lowest BCUT2D eigenvalue weighted by Crippen LogP contribution is -2.21. The topological polar surface area (TPSA) is 80.8 Å². The smallest absolute Gasteiger partial charge is 0.229 e. The van der Waals surface area contributed by atoms with Crippen molar-refractivity contribution in [2.75, 3.05) is 59.1 Å². The Bertz CT molecular complexity index is 669. The van der Waals surface area contributed by atoms with Crippen molar-refractivity contribution in [1.82, 2.24) is 14.9 Å². The molecule has 0 radical (unpaired) electrons. The van der Waals surface area contributed by atoms with E-state index in [2.05, 4.69) is 25.5 Å². The molecule has 1 aromatic heterocycles. The normalized spacial score (nSPS) is 10.5. The standard InChI is InChI=1S/C17H25N5O3/c1-22(2)9-8-18-15-6-7-19-17(21-15)20-12-10-13(23-3)16(25-5)14(11-12)24-4/h6-7,10-11H,8-9H2,1-5H3,(H2,18,19,20,21). The van der Waals surface area contributed by atoms with Gasteiger partial charge in [0.15, 0.2) is 11.5 Å². The zero-order valence-electron chi connectivity index (χ0n) is 15.3. The Morgan fingerprint density at radius 3 is 2.28 bits per heavy atom. The van der Waals surface area contributed by atoms with E-state index in [4.69, 9.17) is 14.2 Å². The summed E-state index contributed by atoms with van der Waals surface area (Å²) in [6, 6.07) is 5.43. The third-order valence-electron chi connectivity index (χ3n) is 3.44. The molecule has 8 heteroatoms. The number of likely N-dealkylation sites (N-methyl/N-ethyl adjacent to an activating group) is 1. The molecule has 0 aliphatic carbocycles. The summed E-state index contributed by atoms with van der Waals surface area (Å²) in [7, 11) is 8.78. The van der Waals surface area contributed by atoms with Crippen LogP contribution in [0.4, 0.5) is 17.5 Å². The van der Waals surface area contributed by atoms with Crippen molar-refractivity contribution in [3.05, 3.63) is 24.4 Å². The van der Waals surface area contributed by atoms with Crippen LogP contribution in [0.5, 0.6) is 17.2 Å². The number of anilines is 3. The molecule has 2 N–H and O–H groups in total. The van der Waals surface area contributed by atoms with Crippen molar-refractivity contribution in [1.29, 1.82) is 0 Å². The fraction of sp³-hybridized carbons (Fsp3) is 0.412. The van der Waals surface area contributed by atoms with Crippen LogP contribution in [-0.4, -0.2) is 63.4 Å². The van der Waals surface area contributed by atoms with Gasteiger partial charge < -0.3 is 29.7 Å². The minimum atomic E-state index is 0.476. The van der Waals surface area contributed by atoms with E-state index in [1.807, 2.05) is 20.2 Å². The van der Waals surface area contributed by atoms with E-state index in [9.17, 15) is 0 Å². The molecule has 0 saturated heterocycles. The number of methoxy groups -OCH3 is 3. The van der Waals surface area contributed by atoms with Crippen molar-refractivity contribution in [2.45, 2.75) is 0 Å². The van der Waals surface area contributed by atoms with Gasteiger partial charge in [0, 0.05) is 37.1 Å². The first-order valence-electron chi connectivity index (χ1n) is 7.86. The van der Waals surface area contributed by atoms with Gasteiger partial charge in [0.1, 0.15) is 5.82 Å². The quantitative estimate of drug-likeness (QED) is 0.715. The zero-order valence-corrected chi connectivity index (χ0v) is 15.3. The van der Waals surface area contributed by atoms with Gasteiger partial charge in [0.05, 0.1) is 21.3 Å². The SMILES string of the molecule is COc1cc(Nc2nccc(NCCN(C)C)n2)cc(OC)c1OC. The Kier molecular flexibility index (Phi) is 6.64. The molecule has 0 aliphatic heterocycles. The summed E-state index contributed by atoms with van der Waals surface area (Å²) in [6.07, 6.45) is 1.70. The molecule has 0 amide bonds. The van der Waals surface area contributed by atoms with Gasteiger partial charge in [0.2, 0.25) is 11.7 Å². The maximum atomic E-state index is 5.35. The van der Waals surface area contributed by atoms with Gasteiger partial charge in [-0.05, 0) is 20.2 Å². The second-order valence-electron chi connectivity index (χ2n) is 5.53. The van der Waals surface area contributed by atoms with Crippen LogP contribution < -0.4 is 24.8 Å². The number of hydrogen-bond donors (Lipinski definition) is 2. The van der Waals surface area contributed by atoms with Crippen LogP contribution in [0.15, 0.2) is 24.4 Å². The first-order valence-corrected chi connectivity index (χ1v) is 7.86. The summed E-state index contributed by atoms with van der Waals surface area (Å²) in [6.45, 7) is 1.72. The van der Waals surface area contributed by atoms with Crippen LogP contribution in [0.25, 0.3) is 0 Å². The molecule has 0 bridgehead atoms. The number of nitrogens with one attached hydrogen (secondary N) is 2. The molecule has 25 heavy (non-hydrogen) atoms. The van der Waals surface area contributed by atoms with Gasteiger partial charge in [-0.25, -0.2) is 4.98 Å². The van der Waals surface area contributed by atoms with Gasteiger partial charge in [-0.1, -0.05) is 0 Å². The third kappa shape index (κ3) is 5.12. The maximum absolute atomic E-state index is 5.35. The number of hydrogen-bond acceptors (Lipinski definition) is 8. The predicted octanol–water partition coefficient (Wildman–Crippen LogP) is 2.22. The van der Waals surface area contributed by atoms with Crippen LogP contribution in [0.3, 0.4) is 0 Å². The van der Waals surface area contributed by atoms with Gasteiger partial charge in [-0.2, -0.15) is 4.98 Å². The predicted molar refractivity (Wildman–Crippen MR) is 98.5 cm³/mol. The van der Waals surface area contributed by atoms with Crippen LogP contribution in [-0.2, 0) is 0 Å². The highest BCUT2D eigenvalue weighted by Gasteiger charge is 2.13. The fourth-order valence-corrected chi connectivity index (χ4v) is 2.21. The van der Waals surface area contributed by atoms with E-state index in [0.717, 1.165) is 24.6 Å². The number of aromatic nitrogens is 2. The third-order valence-corrected chi connectivity index (χ3v) is 3.44. The van der Waals surface area contributed by atoms with Gasteiger partial charge >= 0.3 is 0 Å². The summed E-state index contributed by atoms with van der Waals surface area (Å²) >= 11 is 0. The van der Waals surface area contributed by atoms with Crippen LogP contribution in [0.2, 0.25) is 0 Å². The summed E-state index contributed by atoms with van der Waals surface area (Å²) in [4.78, 5) is 10.8. The average Bonchev–Trinajstić information content (AvgIpc) is 2.60.